The minimum Gasteiger partial charge on any atom is -0.393 e. The number of nitrogens with one attached hydrogen (secondary N) is 1. The van der Waals surface area contributed by atoms with E-state index in [1.807, 2.05) is 6.92 Å². The van der Waals surface area contributed by atoms with E-state index in [0.717, 1.165) is 45.6 Å². The molecule has 1 atom stereocenters. The topological polar surface area (TPSA) is 41.5 Å². The molecule has 1 unspecified atom stereocenters. The van der Waals surface area contributed by atoms with Crippen molar-refractivity contribution >= 4 is 0 Å². The van der Waals surface area contributed by atoms with Crippen LogP contribution in [0.15, 0.2) is 0 Å². The summed E-state index contributed by atoms with van der Waals surface area (Å²) in [6, 6.07) is 0. The smallest absolute Gasteiger partial charge is 0.0524 e. The summed E-state index contributed by atoms with van der Waals surface area (Å²) >= 11 is 0. The first-order chi connectivity index (χ1) is 6.62. The number of hydrogen-bond donors (Lipinski definition) is 2. The Bertz CT molecular complexity index is 153. The molecule has 0 aliphatic carbocycles. The summed E-state index contributed by atoms with van der Waals surface area (Å²) in [5.41, 5.74) is 0.400. The minimum atomic E-state index is -0.190. The molecule has 0 bridgehead atoms. The molecule has 0 saturated carbocycles. The molecule has 1 saturated heterocycles. The summed E-state index contributed by atoms with van der Waals surface area (Å²) in [6.45, 7) is 7.89. The van der Waals surface area contributed by atoms with Crippen molar-refractivity contribution in [1.29, 1.82) is 0 Å². The Labute approximate surface area is 86.8 Å². The molecule has 0 radical (unpaired) electrons. The zero-order valence-corrected chi connectivity index (χ0v) is 9.38. The summed E-state index contributed by atoms with van der Waals surface area (Å²) < 4.78 is 5.34. The van der Waals surface area contributed by atoms with Crippen LogP contribution in [0.25, 0.3) is 0 Å². The highest BCUT2D eigenvalue weighted by molar-refractivity contribution is 4.79. The van der Waals surface area contributed by atoms with Crippen LogP contribution >= 0.6 is 0 Å². The van der Waals surface area contributed by atoms with Crippen LogP contribution in [-0.4, -0.2) is 37.5 Å². The monoisotopic (exact) mass is 201 g/mol. The van der Waals surface area contributed by atoms with E-state index in [1.165, 1.54) is 0 Å². The summed E-state index contributed by atoms with van der Waals surface area (Å²) in [5.74, 6) is 0. The van der Waals surface area contributed by atoms with Gasteiger partial charge in [0.15, 0.2) is 0 Å². The molecule has 0 spiro atoms. The van der Waals surface area contributed by atoms with Crippen LogP contribution in [0.3, 0.4) is 0 Å². The van der Waals surface area contributed by atoms with Gasteiger partial charge in [-0.3, -0.25) is 0 Å². The normalized spacial score (nSPS) is 23.4. The lowest BCUT2D eigenvalue weighted by molar-refractivity contribution is 0.0238. The number of rotatable bonds is 5. The molecular weight excluding hydrogens is 178 g/mol. The molecule has 1 fully saturated rings. The van der Waals surface area contributed by atoms with E-state index in [4.69, 9.17) is 9.84 Å². The van der Waals surface area contributed by atoms with Gasteiger partial charge in [-0.2, -0.15) is 0 Å². The molecule has 0 aromatic heterocycles. The van der Waals surface area contributed by atoms with Crippen molar-refractivity contribution in [1.82, 2.24) is 5.32 Å². The molecule has 84 valence electrons. The van der Waals surface area contributed by atoms with E-state index in [2.05, 4.69) is 12.2 Å². The zero-order chi connectivity index (χ0) is 10.4. The third-order valence-corrected chi connectivity index (χ3v) is 2.99. The summed E-state index contributed by atoms with van der Waals surface area (Å²) in [7, 11) is 0. The molecule has 3 heteroatoms. The quantitative estimate of drug-likeness (QED) is 0.656. The minimum absolute atomic E-state index is 0.190. The van der Waals surface area contributed by atoms with E-state index in [-0.39, 0.29) is 6.10 Å². The van der Waals surface area contributed by atoms with Crippen LogP contribution in [0.5, 0.6) is 0 Å². The SMILES string of the molecule is CC(O)CCNCC1(C)CCOCC1. The van der Waals surface area contributed by atoms with Gasteiger partial charge >= 0.3 is 0 Å². The van der Waals surface area contributed by atoms with Crippen LogP contribution in [0.4, 0.5) is 0 Å². The van der Waals surface area contributed by atoms with Gasteiger partial charge in [0.1, 0.15) is 0 Å². The second kappa shape index (κ2) is 5.69. The average molecular weight is 201 g/mol. The third-order valence-electron chi connectivity index (χ3n) is 2.99. The maximum Gasteiger partial charge on any atom is 0.0524 e. The van der Waals surface area contributed by atoms with Gasteiger partial charge in [0.2, 0.25) is 0 Å². The van der Waals surface area contributed by atoms with Crippen molar-refractivity contribution in [2.45, 2.75) is 39.2 Å². The van der Waals surface area contributed by atoms with Gasteiger partial charge in [0.05, 0.1) is 6.10 Å². The maximum atomic E-state index is 9.09. The Hall–Kier alpha value is -0.120. The van der Waals surface area contributed by atoms with E-state index in [1.54, 1.807) is 0 Å². The summed E-state index contributed by atoms with van der Waals surface area (Å²) in [5, 5.41) is 12.5. The molecule has 0 amide bonds. The Balaban J connectivity index is 2.09. The fraction of sp³-hybridized carbons (Fsp3) is 1.00. The Morgan fingerprint density at radius 2 is 2.07 bits per heavy atom. The van der Waals surface area contributed by atoms with Gasteiger partial charge in [-0.15, -0.1) is 0 Å². The highest BCUT2D eigenvalue weighted by atomic mass is 16.5. The Kier molecular flexibility index (Phi) is 4.85. The van der Waals surface area contributed by atoms with Gasteiger partial charge in [-0.05, 0) is 38.1 Å². The summed E-state index contributed by atoms with van der Waals surface area (Å²) in [6.07, 6.45) is 2.95. The van der Waals surface area contributed by atoms with Crippen molar-refractivity contribution in [3.8, 4) is 0 Å². The molecular formula is C11H23NO2. The molecule has 1 aliphatic rings. The number of aliphatic hydroxyl groups excluding tert-OH is 1. The van der Waals surface area contributed by atoms with Crippen LogP contribution in [0.1, 0.15) is 33.1 Å². The van der Waals surface area contributed by atoms with Gasteiger partial charge in [-0.25, -0.2) is 0 Å². The fourth-order valence-electron chi connectivity index (χ4n) is 1.74. The Morgan fingerprint density at radius 3 is 2.64 bits per heavy atom. The predicted octanol–water partition coefficient (Wildman–Crippen LogP) is 1.16. The molecule has 1 rings (SSSR count). The van der Waals surface area contributed by atoms with Gasteiger partial charge < -0.3 is 15.2 Å². The first-order valence-corrected chi connectivity index (χ1v) is 5.59. The molecule has 0 aromatic rings. The van der Waals surface area contributed by atoms with Crippen LogP contribution in [0.2, 0.25) is 0 Å². The van der Waals surface area contributed by atoms with Gasteiger partial charge in [0, 0.05) is 19.8 Å². The standard InChI is InChI=1S/C11H23NO2/c1-10(13)3-6-12-9-11(2)4-7-14-8-5-11/h10,12-13H,3-9H2,1-2H3. The van der Waals surface area contributed by atoms with Crippen molar-refractivity contribution in [2.24, 2.45) is 5.41 Å². The lowest BCUT2D eigenvalue weighted by Gasteiger charge is -2.33. The second-order valence-electron chi connectivity index (χ2n) is 4.74. The number of ether oxygens (including phenoxy) is 1. The van der Waals surface area contributed by atoms with Crippen LogP contribution in [0, 0.1) is 5.41 Å². The largest absolute Gasteiger partial charge is 0.393 e. The number of hydrogen-bond acceptors (Lipinski definition) is 3. The highest BCUT2D eigenvalue weighted by Crippen LogP contribution is 2.28. The van der Waals surface area contributed by atoms with Gasteiger partial charge in [0.25, 0.3) is 0 Å². The highest BCUT2D eigenvalue weighted by Gasteiger charge is 2.26. The number of aliphatic hydroxyl groups is 1. The third kappa shape index (κ3) is 4.40. The lowest BCUT2D eigenvalue weighted by Crippen LogP contribution is -2.37. The first kappa shape index (κ1) is 12.0. The van der Waals surface area contributed by atoms with Crippen LogP contribution in [-0.2, 0) is 4.74 Å². The van der Waals surface area contributed by atoms with Gasteiger partial charge in [-0.1, -0.05) is 6.92 Å². The van der Waals surface area contributed by atoms with Crippen molar-refractivity contribution in [2.75, 3.05) is 26.3 Å². The maximum absolute atomic E-state index is 9.09. The van der Waals surface area contributed by atoms with E-state index < -0.39 is 0 Å². The molecule has 14 heavy (non-hydrogen) atoms. The Morgan fingerprint density at radius 1 is 1.43 bits per heavy atom. The average Bonchev–Trinajstić information content (AvgIpc) is 2.14. The first-order valence-electron chi connectivity index (χ1n) is 5.59. The predicted molar refractivity (Wildman–Crippen MR) is 57.3 cm³/mol. The zero-order valence-electron chi connectivity index (χ0n) is 9.38. The van der Waals surface area contributed by atoms with Crippen molar-refractivity contribution in [3.05, 3.63) is 0 Å². The summed E-state index contributed by atoms with van der Waals surface area (Å²) in [4.78, 5) is 0. The molecule has 3 nitrogen and oxygen atoms in total. The van der Waals surface area contributed by atoms with Crippen LogP contribution < -0.4 is 5.32 Å². The van der Waals surface area contributed by atoms with E-state index in [9.17, 15) is 0 Å². The second-order valence-corrected chi connectivity index (χ2v) is 4.74. The molecule has 1 aliphatic heterocycles. The lowest BCUT2D eigenvalue weighted by atomic mass is 9.82. The molecule has 1 heterocycles. The molecule has 2 N–H and O–H groups in total. The molecule has 0 aromatic carbocycles. The van der Waals surface area contributed by atoms with E-state index in [0.29, 0.717) is 5.41 Å². The van der Waals surface area contributed by atoms with E-state index >= 15 is 0 Å². The van der Waals surface area contributed by atoms with Crippen molar-refractivity contribution in [3.63, 3.8) is 0 Å². The van der Waals surface area contributed by atoms with Crippen molar-refractivity contribution < 1.29 is 9.84 Å². The fourth-order valence-corrected chi connectivity index (χ4v) is 1.74.